The number of nitrogens with one attached hydrogen (secondary N) is 2. The fourth-order valence-electron chi connectivity index (χ4n) is 4.10. The molecule has 7 nitrogen and oxygen atoms in total. The molecule has 1 aromatic carbocycles. The van der Waals surface area contributed by atoms with E-state index in [1.165, 1.54) is 0 Å². The van der Waals surface area contributed by atoms with Crippen molar-refractivity contribution in [1.29, 1.82) is 0 Å². The zero-order chi connectivity index (χ0) is 28.0. The van der Waals surface area contributed by atoms with Crippen LogP contribution in [0.3, 0.4) is 0 Å². The minimum atomic E-state index is -0.926. The summed E-state index contributed by atoms with van der Waals surface area (Å²) >= 11 is 4.37. The minimum absolute atomic E-state index is 0.0845. The second kappa shape index (κ2) is 16.6. The predicted molar refractivity (Wildman–Crippen MR) is 154 cm³/mol. The first-order valence-electron chi connectivity index (χ1n) is 13.7. The number of alkyl carbamates (subject to hydrolysis) is 1. The van der Waals surface area contributed by atoms with E-state index in [0.29, 0.717) is 13.1 Å². The summed E-state index contributed by atoms with van der Waals surface area (Å²) in [5.74, 6) is -0.461. The Kier molecular flexibility index (Phi) is 14.7. The SMILES string of the molecule is CCCCCCN(C(=O)C(CS)NC(=O)OC(C)(C)C)C(C(=O)NCCCCC)c1cc(C)ccc1C. The smallest absolute Gasteiger partial charge is 0.408 e. The number of rotatable bonds is 15. The largest absolute Gasteiger partial charge is 0.444 e. The van der Waals surface area contributed by atoms with Crippen LogP contribution in [0.4, 0.5) is 4.79 Å². The van der Waals surface area contributed by atoms with Gasteiger partial charge in [0.05, 0.1) is 0 Å². The zero-order valence-corrected chi connectivity index (χ0v) is 24.9. The van der Waals surface area contributed by atoms with Gasteiger partial charge in [0, 0.05) is 18.8 Å². The lowest BCUT2D eigenvalue weighted by Gasteiger charge is -2.35. The maximum Gasteiger partial charge on any atom is 0.408 e. The van der Waals surface area contributed by atoms with E-state index in [9.17, 15) is 14.4 Å². The van der Waals surface area contributed by atoms with Crippen molar-refractivity contribution in [3.63, 3.8) is 0 Å². The lowest BCUT2D eigenvalue weighted by molar-refractivity contribution is -0.142. The first-order chi connectivity index (χ1) is 17.4. The Morgan fingerprint density at radius 3 is 2.24 bits per heavy atom. The van der Waals surface area contributed by atoms with Gasteiger partial charge in [0.1, 0.15) is 17.7 Å². The van der Waals surface area contributed by atoms with Crippen LogP contribution in [0, 0.1) is 13.8 Å². The lowest BCUT2D eigenvalue weighted by atomic mass is 9.96. The molecule has 0 bridgehead atoms. The molecule has 0 saturated carbocycles. The van der Waals surface area contributed by atoms with Crippen LogP contribution in [0.5, 0.6) is 0 Å². The molecule has 0 aliphatic carbocycles. The van der Waals surface area contributed by atoms with Crippen molar-refractivity contribution in [3.05, 3.63) is 34.9 Å². The molecule has 37 heavy (non-hydrogen) atoms. The number of carbonyl (C=O) groups is 3. The second-order valence-corrected chi connectivity index (χ2v) is 11.1. The molecule has 0 aliphatic heterocycles. The summed E-state index contributed by atoms with van der Waals surface area (Å²) < 4.78 is 5.38. The van der Waals surface area contributed by atoms with E-state index in [4.69, 9.17) is 4.74 Å². The Morgan fingerprint density at radius 2 is 1.65 bits per heavy atom. The Hall–Kier alpha value is -2.22. The highest BCUT2D eigenvalue weighted by molar-refractivity contribution is 7.80. The third kappa shape index (κ3) is 11.8. The van der Waals surface area contributed by atoms with Crippen LogP contribution >= 0.6 is 12.6 Å². The molecule has 0 spiro atoms. The van der Waals surface area contributed by atoms with Crippen molar-refractivity contribution in [2.45, 2.75) is 111 Å². The topological polar surface area (TPSA) is 87.7 Å². The second-order valence-electron chi connectivity index (χ2n) is 10.7. The van der Waals surface area contributed by atoms with Crippen molar-refractivity contribution in [2.75, 3.05) is 18.8 Å². The highest BCUT2D eigenvalue weighted by atomic mass is 32.1. The molecular weight excluding hydrogens is 486 g/mol. The van der Waals surface area contributed by atoms with Gasteiger partial charge in [-0.2, -0.15) is 12.6 Å². The van der Waals surface area contributed by atoms with Gasteiger partial charge in [0.2, 0.25) is 11.8 Å². The number of ether oxygens (including phenoxy) is 1. The van der Waals surface area contributed by atoms with Gasteiger partial charge in [0.15, 0.2) is 0 Å². The molecule has 1 rings (SSSR count). The van der Waals surface area contributed by atoms with Gasteiger partial charge < -0.3 is 20.3 Å². The van der Waals surface area contributed by atoms with Crippen molar-refractivity contribution < 1.29 is 19.1 Å². The molecule has 0 fully saturated rings. The third-order valence-corrected chi connectivity index (χ3v) is 6.44. The van der Waals surface area contributed by atoms with Crippen LogP contribution in [0.2, 0.25) is 0 Å². The summed E-state index contributed by atoms with van der Waals surface area (Å²) in [5.41, 5.74) is 2.05. The van der Waals surface area contributed by atoms with Gasteiger partial charge >= 0.3 is 6.09 Å². The van der Waals surface area contributed by atoms with E-state index in [2.05, 4.69) is 37.1 Å². The summed E-state index contributed by atoms with van der Waals surface area (Å²) in [6.45, 7) is 14.4. The number of thiol groups is 1. The van der Waals surface area contributed by atoms with E-state index in [1.54, 1.807) is 25.7 Å². The van der Waals surface area contributed by atoms with E-state index in [1.807, 2.05) is 32.0 Å². The molecule has 0 saturated heterocycles. The molecule has 2 N–H and O–H groups in total. The van der Waals surface area contributed by atoms with E-state index >= 15 is 0 Å². The van der Waals surface area contributed by atoms with Crippen LogP contribution in [-0.4, -0.2) is 53.3 Å². The normalized spacial score (nSPS) is 13.0. The van der Waals surface area contributed by atoms with Crippen molar-refractivity contribution >= 4 is 30.5 Å². The highest BCUT2D eigenvalue weighted by Gasteiger charge is 2.36. The minimum Gasteiger partial charge on any atom is -0.444 e. The number of nitrogens with zero attached hydrogens (tertiary/aromatic N) is 1. The van der Waals surface area contributed by atoms with Crippen molar-refractivity contribution in [2.24, 2.45) is 0 Å². The van der Waals surface area contributed by atoms with E-state index in [0.717, 1.165) is 61.6 Å². The molecule has 0 aromatic heterocycles. The molecule has 0 heterocycles. The Labute approximate surface area is 229 Å². The fourth-order valence-corrected chi connectivity index (χ4v) is 4.35. The fraction of sp³-hybridized carbons (Fsp3) is 0.690. The van der Waals surface area contributed by atoms with E-state index < -0.39 is 23.8 Å². The van der Waals surface area contributed by atoms with Crippen LogP contribution in [0.25, 0.3) is 0 Å². The predicted octanol–water partition coefficient (Wildman–Crippen LogP) is 5.88. The number of hydrogen-bond acceptors (Lipinski definition) is 5. The molecule has 210 valence electrons. The monoisotopic (exact) mass is 535 g/mol. The summed E-state index contributed by atoms with van der Waals surface area (Å²) in [5, 5.41) is 5.74. The lowest BCUT2D eigenvalue weighted by Crippen LogP contribution is -2.54. The van der Waals surface area contributed by atoms with Crippen molar-refractivity contribution in [1.82, 2.24) is 15.5 Å². The number of benzene rings is 1. The summed E-state index contributed by atoms with van der Waals surface area (Å²) in [4.78, 5) is 41.8. The third-order valence-electron chi connectivity index (χ3n) is 6.08. The van der Waals surface area contributed by atoms with Gasteiger partial charge in [0.25, 0.3) is 0 Å². The standard InChI is InChI=1S/C29H49N3O4S/c1-8-10-12-14-18-32(27(34)24(20-37)31-28(35)36-29(5,6)7)25(26(33)30-17-13-11-9-2)23-19-21(3)15-16-22(23)4/h15-16,19,24-25,37H,8-14,17-18,20H2,1-7H3,(H,30,33)(H,31,35). The molecule has 1 aromatic rings. The van der Waals surface area contributed by atoms with Crippen LogP contribution in [0.15, 0.2) is 18.2 Å². The summed E-state index contributed by atoms with van der Waals surface area (Å²) in [6.07, 6.45) is 6.09. The molecule has 2 unspecified atom stereocenters. The Balaban J connectivity index is 3.40. The van der Waals surface area contributed by atoms with Crippen LogP contribution < -0.4 is 10.6 Å². The molecular formula is C29H49N3O4S. The van der Waals surface area contributed by atoms with Gasteiger partial charge in [-0.1, -0.05) is 69.7 Å². The molecule has 0 radical (unpaired) electrons. The quantitative estimate of drug-likeness (QED) is 0.193. The Bertz CT molecular complexity index is 869. The molecule has 0 aliphatic rings. The molecule has 8 heteroatoms. The summed E-state index contributed by atoms with van der Waals surface area (Å²) in [6, 6.07) is 4.23. The van der Waals surface area contributed by atoms with Crippen molar-refractivity contribution in [3.8, 4) is 0 Å². The van der Waals surface area contributed by atoms with Crippen LogP contribution in [0.1, 0.15) is 102 Å². The molecule has 2 atom stereocenters. The number of hydrogen-bond donors (Lipinski definition) is 3. The number of carbonyl (C=O) groups excluding carboxylic acids is 3. The maximum atomic E-state index is 14.0. The average molecular weight is 536 g/mol. The average Bonchev–Trinajstić information content (AvgIpc) is 2.82. The van der Waals surface area contributed by atoms with Crippen LogP contribution in [-0.2, 0) is 14.3 Å². The first kappa shape index (κ1) is 32.8. The molecule has 3 amide bonds. The maximum absolute atomic E-state index is 14.0. The van der Waals surface area contributed by atoms with Gasteiger partial charge in [-0.3, -0.25) is 9.59 Å². The van der Waals surface area contributed by atoms with Gasteiger partial charge in [-0.25, -0.2) is 4.79 Å². The van der Waals surface area contributed by atoms with Gasteiger partial charge in [-0.15, -0.1) is 0 Å². The van der Waals surface area contributed by atoms with E-state index in [-0.39, 0.29) is 17.6 Å². The van der Waals surface area contributed by atoms with Gasteiger partial charge in [-0.05, 0) is 58.6 Å². The highest BCUT2D eigenvalue weighted by Crippen LogP contribution is 2.27. The zero-order valence-electron chi connectivity index (χ0n) is 24.0. The first-order valence-corrected chi connectivity index (χ1v) is 14.3. The Morgan fingerprint density at radius 1 is 1.00 bits per heavy atom. The summed E-state index contributed by atoms with van der Waals surface area (Å²) in [7, 11) is 0. The number of aryl methyl sites for hydroxylation is 2. The number of amides is 3. The number of unbranched alkanes of at least 4 members (excludes halogenated alkanes) is 5.